The summed E-state index contributed by atoms with van der Waals surface area (Å²) in [6.07, 6.45) is 4.72. The Hall–Kier alpha value is -3.71. The van der Waals surface area contributed by atoms with Gasteiger partial charge in [0.1, 0.15) is 10.6 Å². The highest BCUT2D eigenvalue weighted by Crippen LogP contribution is 2.41. The lowest BCUT2D eigenvalue weighted by atomic mass is 9.88. The third-order valence-corrected chi connectivity index (χ3v) is 8.48. The van der Waals surface area contributed by atoms with Crippen molar-refractivity contribution in [3.05, 3.63) is 42.0 Å². The molecule has 39 heavy (non-hydrogen) atoms. The third kappa shape index (κ3) is 4.91. The van der Waals surface area contributed by atoms with Crippen LogP contribution in [0, 0.1) is 0 Å². The molecule has 7 rings (SSSR count). The molecule has 2 atom stereocenters. The van der Waals surface area contributed by atoms with E-state index in [4.69, 9.17) is 18.9 Å². The highest BCUT2D eigenvalue weighted by Gasteiger charge is 2.49. The number of amides is 1. The number of anilines is 1. The van der Waals surface area contributed by atoms with Gasteiger partial charge in [-0.05, 0) is 45.4 Å². The molecule has 2 bridgehead atoms. The van der Waals surface area contributed by atoms with Gasteiger partial charge in [0.2, 0.25) is 5.88 Å². The SMILES string of the molecule is CC(C)(C)OC(=O)N1C2CC1CN(c1nc3c(Oc4ccc(S(C)(=O)=O)cn4)ccc(-c4nccs4)c3o1)C2. The molecule has 0 aliphatic carbocycles. The summed E-state index contributed by atoms with van der Waals surface area (Å²) in [5, 5.41) is 2.67. The second-order valence-corrected chi connectivity index (χ2v) is 13.6. The van der Waals surface area contributed by atoms with E-state index in [0.717, 1.165) is 23.2 Å². The number of thiazole rings is 1. The van der Waals surface area contributed by atoms with Crippen LogP contribution in [0.3, 0.4) is 0 Å². The van der Waals surface area contributed by atoms with Crippen LogP contribution in [0.2, 0.25) is 0 Å². The molecule has 3 aromatic heterocycles. The van der Waals surface area contributed by atoms with Crippen molar-refractivity contribution in [2.45, 2.75) is 49.8 Å². The topological polar surface area (TPSA) is 128 Å². The fourth-order valence-corrected chi connectivity index (χ4v) is 6.07. The van der Waals surface area contributed by atoms with E-state index < -0.39 is 15.4 Å². The molecule has 3 aliphatic rings. The molecular weight excluding hydrogens is 542 g/mol. The number of piperidine rings is 1. The first-order valence-corrected chi connectivity index (χ1v) is 15.2. The van der Waals surface area contributed by atoms with Crippen LogP contribution in [-0.4, -0.2) is 71.4 Å². The number of ether oxygens (including phenoxy) is 2. The average molecular weight is 570 g/mol. The van der Waals surface area contributed by atoms with Crippen molar-refractivity contribution >= 4 is 44.4 Å². The van der Waals surface area contributed by atoms with Crippen LogP contribution in [0.4, 0.5) is 10.8 Å². The lowest BCUT2D eigenvalue weighted by molar-refractivity contribution is -0.0386. The molecule has 204 valence electrons. The number of hydrogen-bond acceptors (Lipinski definition) is 11. The van der Waals surface area contributed by atoms with Gasteiger partial charge < -0.3 is 18.8 Å². The standard InChI is InChI=1S/C26H27N5O6S2/c1-26(2,3)37-25(32)31-15-11-16(31)14-30(13-15)24-29-21-19(35-20-8-5-17(12-28-20)39(4,33)34)7-6-18(22(21)36-24)23-27-9-10-38-23/h5-10,12,15-16H,11,13-14H2,1-4H3. The molecule has 2 unspecified atom stereocenters. The summed E-state index contributed by atoms with van der Waals surface area (Å²) >= 11 is 1.48. The number of carbonyl (C=O) groups is 1. The predicted octanol–water partition coefficient (Wildman–Crippen LogP) is 4.74. The summed E-state index contributed by atoms with van der Waals surface area (Å²) in [6, 6.07) is 7.03. The number of aromatic nitrogens is 3. The Labute approximate surface area is 229 Å². The number of carbonyl (C=O) groups excluding carboxylic acids is 1. The molecule has 0 radical (unpaired) electrons. The number of pyridine rings is 1. The van der Waals surface area contributed by atoms with E-state index in [9.17, 15) is 13.2 Å². The highest BCUT2D eigenvalue weighted by atomic mass is 32.2. The van der Waals surface area contributed by atoms with Crippen molar-refractivity contribution < 1.29 is 27.1 Å². The van der Waals surface area contributed by atoms with E-state index in [2.05, 4.69) is 9.97 Å². The Morgan fingerprint density at radius 2 is 1.90 bits per heavy atom. The second-order valence-electron chi connectivity index (χ2n) is 10.7. The average Bonchev–Trinajstić information content (AvgIpc) is 3.54. The van der Waals surface area contributed by atoms with E-state index in [0.29, 0.717) is 36.0 Å². The molecule has 4 aromatic rings. The monoisotopic (exact) mass is 569 g/mol. The number of oxazole rings is 1. The fraction of sp³-hybridized carbons (Fsp3) is 0.385. The van der Waals surface area contributed by atoms with E-state index in [1.807, 2.05) is 42.0 Å². The first-order chi connectivity index (χ1) is 18.5. The number of rotatable bonds is 5. The molecule has 11 nitrogen and oxygen atoms in total. The van der Waals surface area contributed by atoms with Crippen molar-refractivity contribution in [3.8, 4) is 22.2 Å². The smallest absolute Gasteiger partial charge is 0.410 e. The molecule has 6 heterocycles. The molecular formula is C26H27N5O6S2. The molecule has 3 aliphatic heterocycles. The summed E-state index contributed by atoms with van der Waals surface area (Å²) in [7, 11) is -3.38. The zero-order chi connectivity index (χ0) is 27.5. The maximum absolute atomic E-state index is 12.7. The van der Waals surface area contributed by atoms with Crippen molar-refractivity contribution in [2.24, 2.45) is 0 Å². The molecule has 13 heteroatoms. The van der Waals surface area contributed by atoms with Gasteiger partial charge in [-0.3, -0.25) is 4.90 Å². The minimum Gasteiger partial charge on any atom is -0.444 e. The maximum Gasteiger partial charge on any atom is 0.410 e. The fourth-order valence-electron chi connectivity index (χ4n) is 4.85. The lowest BCUT2D eigenvalue weighted by Gasteiger charge is -2.55. The Kier molecular flexibility index (Phi) is 6.03. The largest absolute Gasteiger partial charge is 0.444 e. The van der Waals surface area contributed by atoms with Crippen LogP contribution >= 0.6 is 11.3 Å². The van der Waals surface area contributed by atoms with E-state index in [1.54, 1.807) is 12.3 Å². The first-order valence-electron chi connectivity index (χ1n) is 12.4. The van der Waals surface area contributed by atoms with Crippen LogP contribution in [-0.2, 0) is 14.6 Å². The molecule has 1 amide bonds. The molecule has 1 aromatic carbocycles. The molecule has 0 saturated carbocycles. The van der Waals surface area contributed by atoms with Crippen molar-refractivity contribution in [3.63, 3.8) is 0 Å². The zero-order valence-electron chi connectivity index (χ0n) is 21.8. The zero-order valence-corrected chi connectivity index (χ0v) is 23.5. The summed E-state index contributed by atoms with van der Waals surface area (Å²) < 4.78 is 41.5. The van der Waals surface area contributed by atoms with Crippen LogP contribution in [0.25, 0.3) is 21.7 Å². The maximum atomic E-state index is 12.7. The second kappa shape index (κ2) is 9.19. The van der Waals surface area contributed by atoms with Crippen LogP contribution in [0.1, 0.15) is 27.2 Å². The number of sulfone groups is 1. The number of fused-ring (bicyclic) bond motifs is 3. The lowest BCUT2D eigenvalue weighted by Crippen LogP contribution is -2.70. The van der Waals surface area contributed by atoms with E-state index in [-0.39, 0.29) is 29.0 Å². The highest BCUT2D eigenvalue weighted by molar-refractivity contribution is 7.90. The van der Waals surface area contributed by atoms with Crippen molar-refractivity contribution in [2.75, 3.05) is 24.2 Å². The van der Waals surface area contributed by atoms with Gasteiger partial charge in [-0.2, -0.15) is 4.98 Å². The molecule has 0 N–H and O–H groups in total. The molecule has 3 saturated heterocycles. The Morgan fingerprint density at radius 1 is 1.13 bits per heavy atom. The van der Waals surface area contributed by atoms with Gasteiger partial charge in [0.25, 0.3) is 6.01 Å². The van der Waals surface area contributed by atoms with Gasteiger partial charge in [0.05, 0.1) is 22.5 Å². The Bertz CT molecular complexity index is 1630. The van der Waals surface area contributed by atoms with Crippen molar-refractivity contribution in [1.29, 1.82) is 0 Å². The Balaban J connectivity index is 1.30. The van der Waals surface area contributed by atoms with Crippen LogP contribution in [0.15, 0.2) is 51.4 Å². The molecule has 0 spiro atoms. The summed E-state index contributed by atoms with van der Waals surface area (Å²) in [5.74, 6) is 0.639. The number of nitrogens with zero attached hydrogens (tertiary/aromatic N) is 5. The third-order valence-electron chi connectivity index (χ3n) is 6.58. The van der Waals surface area contributed by atoms with Gasteiger partial charge in [-0.1, -0.05) is 0 Å². The quantitative estimate of drug-likeness (QED) is 0.332. The van der Waals surface area contributed by atoms with Crippen molar-refractivity contribution in [1.82, 2.24) is 19.9 Å². The van der Waals surface area contributed by atoms with Gasteiger partial charge >= 0.3 is 6.09 Å². The van der Waals surface area contributed by atoms with E-state index >= 15 is 0 Å². The van der Waals surface area contributed by atoms with Gasteiger partial charge in [-0.25, -0.2) is 23.2 Å². The normalized spacial score (nSPS) is 19.2. The van der Waals surface area contributed by atoms with E-state index in [1.165, 1.54) is 29.7 Å². The summed E-state index contributed by atoms with van der Waals surface area (Å²) in [5.41, 5.74) is 1.25. The minimum absolute atomic E-state index is 0.0142. The molecule has 3 fully saturated rings. The minimum atomic E-state index is -3.38. The first kappa shape index (κ1) is 25.6. The Morgan fingerprint density at radius 3 is 2.51 bits per heavy atom. The van der Waals surface area contributed by atoms with Crippen LogP contribution < -0.4 is 9.64 Å². The number of hydrogen-bond donors (Lipinski definition) is 0. The van der Waals surface area contributed by atoms with Gasteiger partial charge in [0, 0.05) is 43.2 Å². The van der Waals surface area contributed by atoms with Gasteiger partial charge in [0.15, 0.2) is 26.7 Å². The van der Waals surface area contributed by atoms with Crippen LogP contribution in [0.5, 0.6) is 11.6 Å². The van der Waals surface area contributed by atoms with Gasteiger partial charge in [-0.15, -0.1) is 11.3 Å². The predicted molar refractivity (Wildman–Crippen MR) is 145 cm³/mol. The summed E-state index contributed by atoms with van der Waals surface area (Å²) in [6.45, 7) is 6.72. The number of benzene rings is 1. The summed E-state index contributed by atoms with van der Waals surface area (Å²) in [4.78, 5) is 30.0. The number of piperazine rings is 1.